The molecule has 0 aliphatic rings. The van der Waals surface area contributed by atoms with E-state index in [1.807, 2.05) is 56.3 Å². The van der Waals surface area contributed by atoms with Gasteiger partial charge >= 0.3 is 0 Å². The number of ether oxygens (including phenoxy) is 1. The van der Waals surface area contributed by atoms with Crippen LogP contribution in [-0.4, -0.2) is 25.9 Å². The molecule has 0 aliphatic carbocycles. The lowest BCUT2D eigenvalue weighted by atomic mass is 9.89. The van der Waals surface area contributed by atoms with Crippen molar-refractivity contribution in [1.29, 1.82) is 0 Å². The minimum Gasteiger partial charge on any atom is -0.485 e. The fraction of sp³-hybridized carbons (Fsp3) is 0.207. The molecule has 0 saturated heterocycles. The van der Waals surface area contributed by atoms with E-state index in [1.54, 1.807) is 13.8 Å². The van der Waals surface area contributed by atoms with Crippen LogP contribution < -0.4 is 4.74 Å². The van der Waals surface area contributed by atoms with Crippen LogP contribution in [-0.2, 0) is 0 Å². The molecule has 0 aliphatic heterocycles. The van der Waals surface area contributed by atoms with Crippen molar-refractivity contribution in [1.82, 2.24) is 9.55 Å². The van der Waals surface area contributed by atoms with E-state index in [9.17, 15) is 5.11 Å². The van der Waals surface area contributed by atoms with Gasteiger partial charge in [-0.05, 0) is 87.0 Å². The van der Waals surface area contributed by atoms with Gasteiger partial charge in [-0.2, -0.15) is 0 Å². The van der Waals surface area contributed by atoms with Gasteiger partial charge in [0.25, 0.3) is 0 Å². The van der Waals surface area contributed by atoms with Gasteiger partial charge in [0.2, 0.25) is 0 Å². The topological polar surface area (TPSA) is 47.3 Å². The van der Waals surface area contributed by atoms with Crippen molar-refractivity contribution in [3.63, 3.8) is 0 Å². The molecule has 0 spiro atoms. The number of nitrogens with zero attached hydrogens (tertiary/aromatic N) is 2. The highest BCUT2D eigenvalue weighted by molar-refractivity contribution is 5.88. The third kappa shape index (κ3) is 3.87. The molecule has 1 heterocycles. The highest BCUT2D eigenvalue weighted by atomic mass is 16.5. The SMILES string of the molecule is CC(C)(O)C(C)(C)Oc1ccc(-c2nc3ccccc3n2-c2ccc3ccccc3c2)cc1. The van der Waals surface area contributed by atoms with Crippen LogP contribution in [0.2, 0.25) is 0 Å². The van der Waals surface area contributed by atoms with Crippen molar-refractivity contribution in [2.45, 2.75) is 38.9 Å². The quantitative estimate of drug-likeness (QED) is 0.331. The Balaban J connectivity index is 1.60. The molecule has 166 valence electrons. The molecule has 0 fully saturated rings. The summed E-state index contributed by atoms with van der Waals surface area (Å²) in [6.07, 6.45) is 0. The zero-order chi connectivity index (χ0) is 23.2. The zero-order valence-corrected chi connectivity index (χ0v) is 19.4. The largest absolute Gasteiger partial charge is 0.485 e. The number of hydrogen-bond acceptors (Lipinski definition) is 3. The van der Waals surface area contributed by atoms with Gasteiger partial charge in [0, 0.05) is 11.3 Å². The van der Waals surface area contributed by atoms with E-state index < -0.39 is 11.2 Å². The van der Waals surface area contributed by atoms with Crippen LogP contribution in [0.25, 0.3) is 38.9 Å². The van der Waals surface area contributed by atoms with Crippen LogP contribution in [0.3, 0.4) is 0 Å². The van der Waals surface area contributed by atoms with E-state index in [0.29, 0.717) is 5.75 Å². The molecule has 5 rings (SSSR count). The Kier molecular flexibility index (Phi) is 4.98. The zero-order valence-electron chi connectivity index (χ0n) is 19.4. The first kappa shape index (κ1) is 21.2. The minimum absolute atomic E-state index is 0.708. The van der Waals surface area contributed by atoms with E-state index >= 15 is 0 Å². The van der Waals surface area contributed by atoms with Gasteiger partial charge in [-0.1, -0.05) is 42.5 Å². The average Bonchev–Trinajstić information content (AvgIpc) is 3.18. The van der Waals surface area contributed by atoms with E-state index in [4.69, 9.17) is 9.72 Å². The minimum atomic E-state index is -0.976. The molecular formula is C29H28N2O2. The maximum Gasteiger partial charge on any atom is 0.145 e. The average molecular weight is 437 g/mol. The molecule has 0 atom stereocenters. The van der Waals surface area contributed by atoms with Crippen molar-refractivity contribution >= 4 is 21.8 Å². The van der Waals surface area contributed by atoms with Crippen LogP contribution in [0.5, 0.6) is 5.75 Å². The molecule has 0 saturated carbocycles. The highest BCUT2D eigenvalue weighted by Crippen LogP contribution is 2.33. The Morgan fingerprint density at radius 2 is 1.42 bits per heavy atom. The Hall–Kier alpha value is -3.63. The molecule has 0 radical (unpaired) electrons. The second-order valence-corrected chi connectivity index (χ2v) is 9.49. The van der Waals surface area contributed by atoms with Crippen molar-refractivity contribution in [3.8, 4) is 22.8 Å². The summed E-state index contributed by atoms with van der Waals surface area (Å²) in [7, 11) is 0. The Labute approximate surface area is 194 Å². The van der Waals surface area contributed by atoms with Crippen LogP contribution in [0.1, 0.15) is 27.7 Å². The summed E-state index contributed by atoms with van der Waals surface area (Å²) in [5, 5.41) is 12.8. The molecule has 0 unspecified atom stereocenters. The number of para-hydroxylation sites is 2. The van der Waals surface area contributed by atoms with E-state index in [0.717, 1.165) is 28.1 Å². The summed E-state index contributed by atoms with van der Waals surface area (Å²) in [4.78, 5) is 4.97. The van der Waals surface area contributed by atoms with E-state index in [1.165, 1.54) is 10.8 Å². The molecule has 0 bridgehead atoms. The lowest BCUT2D eigenvalue weighted by molar-refractivity contribution is -0.0906. The molecule has 4 nitrogen and oxygen atoms in total. The Morgan fingerprint density at radius 3 is 2.15 bits per heavy atom. The van der Waals surface area contributed by atoms with Gasteiger partial charge < -0.3 is 9.84 Å². The summed E-state index contributed by atoms with van der Waals surface area (Å²) < 4.78 is 8.31. The van der Waals surface area contributed by atoms with Gasteiger partial charge in [0.1, 0.15) is 17.2 Å². The first-order valence-electron chi connectivity index (χ1n) is 11.2. The van der Waals surface area contributed by atoms with Gasteiger partial charge in [-0.3, -0.25) is 4.57 Å². The monoisotopic (exact) mass is 436 g/mol. The number of imidazole rings is 1. The maximum atomic E-state index is 10.4. The summed E-state index contributed by atoms with van der Waals surface area (Å²) in [5.41, 5.74) is 2.37. The van der Waals surface area contributed by atoms with Crippen molar-refractivity contribution in [2.75, 3.05) is 0 Å². The maximum absolute atomic E-state index is 10.4. The van der Waals surface area contributed by atoms with E-state index in [-0.39, 0.29) is 0 Å². The summed E-state index contributed by atoms with van der Waals surface area (Å²) in [6.45, 7) is 7.29. The van der Waals surface area contributed by atoms with Gasteiger partial charge in [0.15, 0.2) is 0 Å². The fourth-order valence-corrected chi connectivity index (χ4v) is 3.89. The van der Waals surface area contributed by atoms with Crippen LogP contribution in [0.15, 0.2) is 91.0 Å². The van der Waals surface area contributed by atoms with Crippen LogP contribution in [0.4, 0.5) is 0 Å². The lowest BCUT2D eigenvalue weighted by Gasteiger charge is -2.37. The summed E-state index contributed by atoms with van der Waals surface area (Å²) >= 11 is 0. The Bertz CT molecular complexity index is 1440. The predicted molar refractivity (Wildman–Crippen MR) is 135 cm³/mol. The standard InChI is InChI=1S/C29H28N2O2/c1-28(2,32)29(3,4)33-24-17-14-21(15-18-24)27-30-25-11-7-8-12-26(25)31(27)23-16-13-20-9-5-6-10-22(20)19-23/h5-19,32H,1-4H3. The number of benzene rings is 4. The number of aliphatic hydroxyl groups is 1. The molecule has 4 heteroatoms. The lowest BCUT2D eigenvalue weighted by Crippen LogP contribution is -2.49. The first-order chi connectivity index (χ1) is 15.7. The Morgan fingerprint density at radius 1 is 0.758 bits per heavy atom. The molecular weight excluding hydrogens is 408 g/mol. The summed E-state index contributed by atoms with van der Waals surface area (Å²) in [5.74, 6) is 1.58. The molecule has 1 aromatic heterocycles. The highest BCUT2D eigenvalue weighted by Gasteiger charge is 2.37. The van der Waals surface area contributed by atoms with Crippen LogP contribution in [0, 0.1) is 0 Å². The molecule has 5 aromatic rings. The normalized spacial score (nSPS) is 12.4. The van der Waals surface area contributed by atoms with Crippen molar-refractivity contribution in [3.05, 3.63) is 91.0 Å². The van der Waals surface area contributed by atoms with Crippen molar-refractivity contribution in [2.24, 2.45) is 0 Å². The second-order valence-electron chi connectivity index (χ2n) is 9.49. The summed E-state index contributed by atoms with van der Waals surface area (Å²) in [6, 6.07) is 31.0. The number of fused-ring (bicyclic) bond motifs is 2. The molecule has 33 heavy (non-hydrogen) atoms. The third-order valence-corrected chi connectivity index (χ3v) is 6.51. The second kappa shape index (κ2) is 7.75. The number of hydrogen-bond donors (Lipinski definition) is 1. The first-order valence-corrected chi connectivity index (χ1v) is 11.2. The van der Waals surface area contributed by atoms with E-state index in [2.05, 4.69) is 53.1 Å². The van der Waals surface area contributed by atoms with Crippen molar-refractivity contribution < 1.29 is 9.84 Å². The van der Waals surface area contributed by atoms with Gasteiger partial charge in [0.05, 0.1) is 16.6 Å². The predicted octanol–water partition coefficient (Wildman–Crippen LogP) is 6.77. The fourth-order valence-electron chi connectivity index (χ4n) is 3.89. The third-order valence-electron chi connectivity index (χ3n) is 6.51. The molecule has 0 amide bonds. The van der Waals surface area contributed by atoms with Crippen LogP contribution >= 0.6 is 0 Å². The number of rotatable bonds is 5. The van der Waals surface area contributed by atoms with Gasteiger partial charge in [-0.15, -0.1) is 0 Å². The van der Waals surface area contributed by atoms with Gasteiger partial charge in [-0.25, -0.2) is 4.98 Å². The molecule has 4 aromatic carbocycles. The number of aromatic nitrogens is 2. The molecule has 1 N–H and O–H groups in total. The smallest absolute Gasteiger partial charge is 0.145 e.